The van der Waals surface area contributed by atoms with E-state index in [4.69, 9.17) is 10.5 Å². The summed E-state index contributed by atoms with van der Waals surface area (Å²) in [6.07, 6.45) is -0.869. The van der Waals surface area contributed by atoms with E-state index in [1.165, 1.54) is 0 Å². The maximum Gasteiger partial charge on any atom is 0.413 e. The minimum absolute atomic E-state index is 0.186. The molecule has 2 aromatic rings. The van der Waals surface area contributed by atoms with E-state index in [0.717, 1.165) is 11.2 Å². The zero-order valence-electron chi connectivity index (χ0n) is 13.3. The predicted octanol–water partition coefficient (Wildman–Crippen LogP) is 2.55. The van der Waals surface area contributed by atoms with E-state index in [2.05, 4.69) is 20.0 Å². The molecular weight excluding hydrogens is 300 g/mol. The number of hydrogen-bond acceptors (Lipinski definition) is 5. The van der Waals surface area contributed by atoms with Crippen LogP contribution in [-0.2, 0) is 15.9 Å². The number of carbonyl (C=O) groups is 2. The first-order chi connectivity index (χ1) is 10.7. The van der Waals surface area contributed by atoms with Crippen molar-refractivity contribution in [2.45, 2.75) is 32.8 Å². The van der Waals surface area contributed by atoms with Gasteiger partial charge < -0.3 is 20.2 Å². The molecular formula is C15H20N4O4. The largest absolute Gasteiger partial charge is 0.449 e. The van der Waals surface area contributed by atoms with Gasteiger partial charge in [-0.1, -0.05) is 0 Å². The molecule has 0 saturated heterocycles. The second-order valence-corrected chi connectivity index (χ2v) is 5.97. The molecule has 0 aliphatic heterocycles. The number of nitrogens with zero attached hydrogens (tertiary/aromatic N) is 1. The minimum atomic E-state index is -0.803. The number of aromatic amines is 1. The molecule has 0 saturated carbocycles. The molecule has 0 atom stereocenters. The van der Waals surface area contributed by atoms with Gasteiger partial charge in [0.1, 0.15) is 11.4 Å². The van der Waals surface area contributed by atoms with Crippen molar-refractivity contribution >= 4 is 29.0 Å². The van der Waals surface area contributed by atoms with Crippen molar-refractivity contribution < 1.29 is 19.1 Å². The van der Waals surface area contributed by atoms with Gasteiger partial charge in [-0.25, -0.2) is 14.6 Å². The SMILES string of the molecule is CC(C)(C)OC(=O)Nc1ccc2[nH]c(CCOC(N)=O)cc2n1. The van der Waals surface area contributed by atoms with Gasteiger partial charge in [0.2, 0.25) is 0 Å². The highest BCUT2D eigenvalue weighted by Gasteiger charge is 2.16. The van der Waals surface area contributed by atoms with Crippen LogP contribution < -0.4 is 11.1 Å². The first kappa shape index (κ1) is 16.6. The van der Waals surface area contributed by atoms with E-state index >= 15 is 0 Å². The summed E-state index contributed by atoms with van der Waals surface area (Å²) in [7, 11) is 0. The van der Waals surface area contributed by atoms with Crippen molar-refractivity contribution in [1.29, 1.82) is 0 Å². The maximum atomic E-state index is 11.7. The van der Waals surface area contributed by atoms with Crippen molar-refractivity contribution in [2.24, 2.45) is 5.73 Å². The number of aromatic nitrogens is 2. The van der Waals surface area contributed by atoms with Crippen LogP contribution in [0.5, 0.6) is 0 Å². The number of carbonyl (C=O) groups excluding carboxylic acids is 2. The smallest absolute Gasteiger partial charge is 0.413 e. The average Bonchev–Trinajstić information content (AvgIpc) is 2.77. The number of pyridine rings is 1. The Balaban J connectivity index is 2.04. The summed E-state index contributed by atoms with van der Waals surface area (Å²) >= 11 is 0. The number of primary amides is 1. The number of fused-ring (bicyclic) bond motifs is 1. The molecule has 0 fully saturated rings. The Bertz CT molecular complexity index is 718. The molecule has 8 nitrogen and oxygen atoms in total. The molecule has 2 aromatic heterocycles. The summed E-state index contributed by atoms with van der Waals surface area (Å²) in [5, 5.41) is 2.59. The van der Waals surface area contributed by atoms with Gasteiger partial charge in [-0.15, -0.1) is 0 Å². The Kier molecular flexibility index (Phi) is 4.73. The molecule has 0 radical (unpaired) electrons. The van der Waals surface area contributed by atoms with Crippen LogP contribution in [0.4, 0.5) is 15.4 Å². The summed E-state index contributed by atoms with van der Waals surface area (Å²) in [4.78, 5) is 29.7. The Hall–Kier alpha value is -2.77. The Morgan fingerprint density at radius 3 is 2.74 bits per heavy atom. The molecule has 2 amide bonds. The van der Waals surface area contributed by atoms with Gasteiger partial charge in [-0.05, 0) is 39.0 Å². The third-order valence-electron chi connectivity index (χ3n) is 2.78. The number of nitrogens with two attached hydrogens (primary N) is 1. The van der Waals surface area contributed by atoms with Crippen LogP contribution in [0.3, 0.4) is 0 Å². The van der Waals surface area contributed by atoms with Crippen molar-refractivity contribution in [3.8, 4) is 0 Å². The molecule has 0 spiro atoms. The first-order valence-electron chi connectivity index (χ1n) is 7.14. The lowest BCUT2D eigenvalue weighted by Crippen LogP contribution is -2.27. The molecule has 0 aromatic carbocycles. The highest BCUT2D eigenvalue weighted by molar-refractivity contribution is 5.86. The summed E-state index contributed by atoms with van der Waals surface area (Å²) in [6, 6.07) is 5.29. The van der Waals surface area contributed by atoms with Gasteiger partial charge in [-0.3, -0.25) is 5.32 Å². The normalized spacial score (nSPS) is 11.3. The molecule has 4 N–H and O–H groups in total. The molecule has 0 aliphatic rings. The molecule has 8 heteroatoms. The van der Waals surface area contributed by atoms with Crippen LogP contribution in [0.2, 0.25) is 0 Å². The van der Waals surface area contributed by atoms with E-state index < -0.39 is 17.8 Å². The fraction of sp³-hybridized carbons (Fsp3) is 0.400. The molecule has 0 bridgehead atoms. The number of nitrogens with one attached hydrogen (secondary N) is 2. The number of anilines is 1. The number of amides is 2. The third kappa shape index (κ3) is 5.17. The van der Waals surface area contributed by atoms with E-state index in [1.54, 1.807) is 32.9 Å². The van der Waals surface area contributed by atoms with Crippen LogP contribution in [0.1, 0.15) is 26.5 Å². The second kappa shape index (κ2) is 6.55. The standard InChI is InChI=1S/C15H20N4O4/c1-15(2,3)23-14(21)19-12-5-4-10-11(18-12)8-9(17-10)6-7-22-13(16)20/h4-5,8,17H,6-7H2,1-3H3,(H2,16,20)(H,18,19,21). The Morgan fingerprint density at radius 2 is 2.09 bits per heavy atom. The quantitative estimate of drug-likeness (QED) is 0.799. The number of hydrogen-bond donors (Lipinski definition) is 3. The van der Waals surface area contributed by atoms with Gasteiger partial charge in [0, 0.05) is 12.1 Å². The molecule has 2 rings (SSSR count). The molecule has 124 valence electrons. The van der Waals surface area contributed by atoms with E-state index in [0.29, 0.717) is 17.8 Å². The van der Waals surface area contributed by atoms with Crippen LogP contribution >= 0.6 is 0 Å². The lowest BCUT2D eigenvalue weighted by atomic mass is 10.2. The Labute approximate surface area is 133 Å². The summed E-state index contributed by atoms with van der Waals surface area (Å²) in [5.74, 6) is 0.394. The second-order valence-electron chi connectivity index (χ2n) is 5.97. The molecule has 0 unspecified atom stereocenters. The summed E-state index contributed by atoms with van der Waals surface area (Å²) in [6.45, 7) is 5.55. The van der Waals surface area contributed by atoms with Gasteiger partial charge in [0.15, 0.2) is 0 Å². The summed E-state index contributed by atoms with van der Waals surface area (Å²) < 4.78 is 9.87. The zero-order valence-corrected chi connectivity index (χ0v) is 13.3. The number of H-pyrrole nitrogens is 1. The van der Waals surface area contributed by atoms with Gasteiger partial charge in [0.25, 0.3) is 0 Å². The minimum Gasteiger partial charge on any atom is -0.449 e. The average molecular weight is 320 g/mol. The van der Waals surface area contributed by atoms with Crippen molar-refractivity contribution in [1.82, 2.24) is 9.97 Å². The highest BCUT2D eigenvalue weighted by Crippen LogP contribution is 2.17. The van der Waals surface area contributed by atoms with Crippen molar-refractivity contribution in [3.05, 3.63) is 23.9 Å². The van der Waals surface area contributed by atoms with E-state index in [9.17, 15) is 9.59 Å². The van der Waals surface area contributed by atoms with Crippen molar-refractivity contribution in [2.75, 3.05) is 11.9 Å². The fourth-order valence-corrected chi connectivity index (χ4v) is 1.94. The topological polar surface area (TPSA) is 119 Å². The third-order valence-corrected chi connectivity index (χ3v) is 2.78. The van der Waals surface area contributed by atoms with Crippen LogP contribution in [0, 0.1) is 0 Å². The van der Waals surface area contributed by atoms with Crippen LogP contribution in [0.25, 0.3) is 11.0 Å². The lowest BCUT2D eigenvalue weighted by Gasteiger charge is -2.19. The lowest BCUT2D eigenvalue weighted by molar-refractivity contribution is 0.0635. The summed E-state index contributed by atoms with van der Waals surface area (Å²) in [5.41, 5.74) is 6.68. The number of ether oxygens (including phenoxy) is 2. The first-order valence-corrected chi connectivity index (χ1v) is 7.14. The predicted molar refractivity (Wildman–Crippen MR) is 85.2 cm³/mol. The van der Waals surface area contributed by atoms with Crippen LogP contribution in [-0.4, -0.2) is 34.4 Å². The van der Waals surface area contributed by atoms with Gasteiger partial charge in [-0.2, -0.15) is 0 Å². The number of rotatable bonds is 4. The Morgan fingerprint density at radius 1 is 1.35 bits per heavy atom. The highest BCUT2D eigenvalue weighted by atomic mass is 16.6. The molecule has 23 heavy (non-hydrogen) atoms. The fourth-order valence-electron chi connectivity index (χ4n) is 1.94. The molecule has 2 heterocycles. The van der Waals surface area contributed by atoms with E-state index in [-0.39, 0.29) is 6.61 Å². The van der Waals surface area contributed by atoms with Crippen molar-refractivity contribution in [3.63, 3.8) is 0 Å². The maximum absolute atomic E-state index is 11.7. The monoisotopic (exact) mass is 320 g/mol. The van der Waals surface area contributed by atoms with Gasteiger partial charge >= 0.3 is 12.2 Å². The zero-order chi connectivity index (χ0) is 17.0. The molecule has 0 aliphatic carbocycles. The van der Waals surface area contributed by atoms with Crippen LogP contribution in [0.15, 0.2) is 18.2 Å². The van der Waals surface area contributed by atoms with E-state index in [1.807, 2.05) is 6.07 Å². The van der Waals surface area contributed by atoms with Gasteiger partial charge in [0.05, 0.1) is 17.6 Å².